The van der Waals surface area contributed by atoms with Crippen LogP contribution in [0.25, 0.3) is 11.3 Å². The van der Waals surface area contributed by atoms with Gasteiger partial charge in [0.05, 0.1) is 11.8 Å². The van der Waals surface area contributed by atoms with E-state index in [0.717, 1.165) is 11.1 Å². The summed E-state index contributed by atoms with van der Waals surface area (Å²) < 4.78 is 24.3. The summed E-state index contributed by atoms with van der Waals surface area (Å²) in [7, 11) is 0. The van der Waals surface area contributed by atoms with Gasteiger partial charge in [0.1, 0.15) is 11.6 Å². The van der Waals surface area contributed by atoms with E-state index >= 15 is 0 Å². The van der Waals surface area contributed by atoms with Gasteiger partial charge in [0.25, 0.3) is 0 Å². The van der Waals surface area contributed by atoms with E-state index in [1.807, 2.05) is 13.0 Å². The van der Waals surface area contributed by atoms with Crippen LogP contribution in [0.1, 0.15) is 28.7 Å². The fourth-order valence-electron chi connectivity index (χ4n) is 2.30. The van der Waals surface area contributed by atoms with Gasteiger partial charge < -0.3 is 9.15 Å². The second kappa shape index (κ2) is 6.66. The molecule has 0 aliphatic heterocycles. The molecule has 0 aliphatic rings. The van der Waals surface area contributed by atoms with E-state index < -0.39 is 0 Å². The number of rotatable bonds is 5. The number of carbonyl (C=O) groups is 1. The fourth-order valence-corrected chi connectivity index (χ4v) is 2.30. The molecule has 0 saturated carbocycles. The number of hydrogen-bond acceptors (Lipinski definition) is 4. The van der Waals surface area contributed by atoms with E-state index in [0.29, 0.717) is 23.0 Å². The highest BCUT2D eigenvalue weighted by atomic mass is 19.1. The molecule has 0 bridgehead atoms. The first-order chi connectivity index (χ1) is 11.5. The minimum absolute atomic E-state index is 0.0654. The Morgan fingerprint density at radius 2 is 1.96 bits per heavy atom. The summed E-state index contributed by atoms with van der Waals surface area (Å²) in [6.45, 7) is 3.52. The summed E-state index contributed by atoms with van der Waals surface area (Å²) in [4.78, 5) is 15.8. The van der Waals surface area contributed by atoms with E-state index in [-0.39, 0.29) is 18.2 Å². The number of oxazole rings is 1. The van der Waals surface area contributed by atoms with Crippen molar-refractivity contribution in [3.8, 4) is 17.1 Å². The number of carbonyl (C=O) groups excluding carboxylic acids is 1. The van der Waals surface area contributed by atoms with Crippen molar-refractivity contribution in [2.45, 2.75) is 20.5 Å². The molecule has 0 spiro atoms. The molecule has 122 valence electrons. The maximum absolute atomic E-state index is 13.0. The average Bonchev–Trinajstić information content (AvgIpc) is 3.02. The maximum Gasteiger partial charge on any atom is 0.232 e. The number of ether oxygens (including phenoxy) is 1. The molecule has 0 fully saturated rings. The van der Waals surface area contributed by atoms with Gasteiger partial charge >= 0.3 is 0 Å². The molecular weight excluding hydrogens is 309 g/mol. The van der Waals surface area contributed by atoms with E-state index in [9.17, 15) is 9.18 Å². The van der Waals surface area contributed by atoms with Crippen LogP contribution < -0.4 is 4.74 Å². The number of aromatic nitrogens is 1. The van der Waals surface area contributed by atoms with E-state index in [2.05, 4.69) is 4.98 Å². The zero-order valence-electron chi connectivity index (χ0n) is 13.4. The van der Waals surface area contributed by atoms with Crippen molar-refractivity contribution in [1.82, 2.24) is 4.98 Å². The smallest absolute Gasteiger partial charge is 0.232 e. The number of Topliss-reactive ketones (excluding diaryl/α,β-unsaturated/α-hetero) is 1. The molecule has 3 rings (SSSR count). The summed E-state index contributed by atoms with van der Waals surface area (Å²) in [5.74, 6) is 1.04. The van der Waals surface area contributed by atoms with E-state index in [4.69, 9.17) is 9.15 Å². The highest BCUT2D eigenvalue weighted by Gasteiger charge is 2.11. The fraction of sp³-hybridized carbons (Fsp3) is 0.158. The van der Waals surface area contributed by atoms with Gasteiger partial charge in [0.15, 0.2) is 18.2 Å². The third-order valence-electron chi connectivity index (χ3n) is 3.55. The molecule has 1 aromatic heterocycles. The summed E-state index contributed by atoms with van der Waals surface area (Å²) >= 11 is 0. The summed E-state index contributed by atoms with van der Waals surface area (Å²) in [5, 5.41) is 0. The van der Waals surface area contributed by atoms with Crippen molar-refractivity contribution < 1.29 is 18.3 Å². The predicted octanol–water partition coefficient (Wildman–Crippen LogP) is 4.57. The molecule has 2 aromatic carbocycles. The van der Waals surface area contributed by atoms with Crippen molar-refractivity contribution >= 4 is 5.78 Å². The highest BCUT2D eigenvalue weighted by molar-refractivity contribution is 5.96. The number of aryl methyl sites for hydroxylation is 1. The lowest BCUT2D eigenvalue weighted by Gasteiger charge is -2.09. The maximum atomic E-state index is 13.0. The molecule has 5 heteroatoms. The zero-order valence-corrected chi connectivity index (χ0v) is 13.4. The molecule has 0 N–H and O–H groups in total. The average molecular weight is 325 g/mol. The molecular formula is C19H16FNO3. The van der Waals surface area contributed by atoms with Crippen molar-refractivity contribution in [2.24, 2.45) is 0 Å². The summed E-state index contributed by atoms with van der Waals surface area (Å²) in [6, 6.07) is 11.4. The molecule has 0 saturated heterocycles. The standard InChI is InChI=1S/C19H16FNO3/c1-12-3-8-16(13(2)22)17(9-12)23-11-19-21-10-18(24-19)14-4-6-15(20)7-5-14/h3-10H,11H2,1-2H3. The van der Waals surface area contributed by atoms with Crippen LogP contribution in [0.4, 0.5) is 4.39 Å². The molecule has 0 amide bonds. The lowest BCUT2D eigenvalue weighted by molar-refractivity contribution is 0.101. The van der Waals surface area contributed by atoms with Crippen LogP contribution in [0, 0.1) is 12.7 Å². The zero-order chi connectivity index (χ0) is 17.1. The van der Waals surface area contributed by atoms with Gasteiger partial charge in [-0.25, -0.2) is 9.37 Å². The second-order valence-electron chi connectivity index (χ2n) is 5.47. The largest absolute Gasteiger partial charge is 0.483 e. The van der Waals surface area contributed by atoms with Crippen molar-refractivity contribution in [3.63, 3.8) is 0 Å². The number of halogens is 1. The van der Waals surface area contributed by atoms with Crippen LogP contribution in [-0.2, 0) is 6.61 Å². The minimum Gasteiger partial charge on any atom is -0.483 e. The van der Waals surface area contributed by atoms with Crippen molar-refractivity contribution in [3.05, 3.63) is 71.5 Å². The SMILES string of the molecule is CC(=O)c1ccc(C)cc1OCc1ncc(-c2ccc(F)cc2)o1. The van der Waals surface area contributed by atoms with Crippen LogP contribution in [0.2, 0.25) is 0 Å². The van der Waals surface area contributed by atoms with Crippen LogP contribution >= 0.6 is 0 Å². The number of ketones is 1. The lowest BCUT2D eigenvalue weighted by atomic mass is 10.1. The molecule has 0 unspecified atom stereocenters. The van der Waals surface area contributed by atoms with Gasteiger partial charge in [-0.2, -0.15) is 0 Å². The van der Waals surface area contributed by atoms with Crippen LogP contribution in [-0.4, -0.2) is 10.8 Å². The first kappa shape index (κ1) is 15.9. The van der Waals surface area contributed by atoms with Gasteiger partial charge in [0, 0.05) is 5.56 Å². The monoisotopic (exact) mass is 325 g/mol. The molecule has 0 atom stereocenters. The normalized spacial score (nSPS) is 10.6. The van der Waals surface area contributed by atoms with Gasteiger partial charge in [-0.15, -0.1) is 0 Å². The Labute approximate surface area is 138 Å². The topological polar surface area (TPSA) is 52.3 Å². The van der Waals surface area contributed by atoms with Crippen LogP contribution in [0.15, 0.2) is 53.1 Å². The molecule has 0 radical (unpaired) electrons. The van der Waals surface area contributed by atoms with Gasteiger partial charge in [-0.3, -0.25) is 4.79 Å². The third kappa shape index (κ3) is 3.51. The lowest BCUT2D eigenvalue weighted by Crippen LogP contribution is -2.02. The van der Waals surface area contributed by atoms with Crippen LogP contribution in [0.5, 0.6) is 5.75 Å². The van der Waals surface area contributed by atoms with Crippen molar-refractivity contribution in [1.29, 1.82) is 0 Å². The third-order valence-corrected chi connectivity index (χ3v) is 3.55. The molecule has 24 heavy (non-hydrogen) atoms. The summed E-state index contributed by atoms with van der Waals surface area (Å²) in [5.41, 5.74) is 2.25. The first-order valence-corrected chi connectivity index (χ1v) is 7.48. The Hall–Kier alpha value is -2.95. The number of nitrogens with zero attached hydrogens (tertiary/aromatic N) is 1. The molecule has 3 aromatic rings. The first-order valence-electron chi connectivity index (χ1n) is 7.48. The Morgan fingerprint density at radius 3 is 2.67 bits per heavy atom. The quantitative estimate of drug-likeness (QED) is 0.645. The van der Waals surface area contributed by atoms with Gasteiger partial charge in [0.2, 0.25) is 5.89 Å². The van der Waals surface area contributed by atoms with Crippen molar-refractivity contribution in [2.75, 3.05) is 0 Å². The predicted molar refractivity (Wildman–Crippen MR) is 87.4 cm³/mol. The molecule has 1 heterocycles. The van der Waals surface area contributed by atoms with Crippen LogP contribution in [0.3, 0.4) is 0 Å². The Kier molecular flexibility index (Phi) is 4.42. The number of hydrogen-bond donors (Lipinski definition) is 0. The minimum atomic E-state index is -0.307. The molecule has 4 nitrogen and oxygen atoms in total. The molecule has 0 aliphatic carbocycles. The van der Waals surface area contributed by atoms with E-state index in [1.54, 1.807) is 30.5 Å². The van der Waals surface area contributed by atoms with Gasteiger partial charge in [-0.1, -0.05) is 6.07 Å². The Bertz CT molecular complexity index is 869. The summed E-state index contributed by atoms with van der Waals surface area (Å²) in [6.07, 6.45) is 1.56. The highest BCUT2D eigenvalue weighted by Crippen LogP contribution is 2.24. The number of benzene rings is 2. The second-order valence-corrected chi connectivity index (χ2v) is 5.47. The Balaban J connectivity index is 1.75. The van der Waals surface area contributed by atoms with E-state index in [1.165, 1.54) is 19.1 Å². The van der Waals surface area contributed by atoms with Gasteiger partial charge in [-0.05, 0) is 55.8 Å². The Morgan fingerprint density at radius 1 is 1.21 bits per heavy atom.